The van der Waals surface area contributed by atoms with Gasteiger partial charge in [0.05, 0.1) is 11.9 Å². The van der Waals surface area contributed by atoms with Crippen molar-refractivity contribution in [2.24, 2.45) is 7.05 Å². The van der Waals surface area contributed by atoms with Gasteiger partial charge in [-0.05, 0) is 30.7 Å². The molecule has 102 valence electrons. The van der Waals surface area contributed by atoms with Crippen LogP contribution in [0.2, 0.25) is 0 Å². The summed E-state index contributed by atoms with van der Waals surface area (Å²) in [4.78, 5) is 10.4. The first-order chi connectivity index (χ1) is 9.18. The highest BCUT2D eigenvalue weighted by Crippen LogP contribution is 2.10. The zero-order valence-corrected chi connectivity index (χ0v) is 11.8. The van der Waals surface area contributed by atoms with E-state index in [9.17, 15) is 0 Å². The molecule has 0 aliphatic heterocycles. The monoisotopic (exact) mass is 259 g/mol. The predicted octanol–water partition coefficient (Wildman–Crippen LogP) is 1.21. The average molecular weight is 259 g/mol. The van der Waals surface area contributed by atoms with Gasteiger partial charge in [-0.15, -0.1) is 0 Å². The number of nitrogens with zero attached hydrogens (tertiary/aromatic N) is 4. The zero-order chi connectivity index (χ0) is 13.7. The SMILES string of the molecule is CN(C)c1ncc(CNCCc2ccncc2)n1C. The van der Waals surface area contributed by atoms with Gasteiger partial charge < -0.3 is 14.8 Å². The van der Waals surface area contributed by atoms with Crippen LogP contribution in [0, 0.1) is 0 Å². The first kappa shape index (κ1) is 13.5. The molecule has 0 saturated heterocycles. The summed E-state index contributed by atoms with van der Waals surface area (Å²) in [6.07, 6.45) is 6.61. The summed E-state index contributed by atoms with van der Waals surface area (Å²) in [7, 11) is 6.05. The molecule has 0 radical (unpaired) electrons. The van der Waals surface area contributed by atoms with Gasteiger partial charge in [-0.3, -0.25) is 4.98 Å². The lowest BCUT2D eigenvalue weighted by atomic mass is 10.2. The highest BCUT2D eigenvalue weighted by Gasteiger charge is 2.07. The normalized spacial score (nSPS) is 10.7. The van der Waals surface area contributed by atoms with Crippen LogP contribution in [0.5, 0.6) is 0 Å². The van der Waals surface area contributed by atoms with Crippen molar-refractivity contribution in [3.63, 3.8) is 0 Å². The molecule has 0 atom stereocenters. The summed E-state index contributed by atoms with van der Waals surface area (Å²) in [5.74, 6) is 0.978. The first-order valence-electron chi connectivity index (χ1n) is 6.46. The van der Waals surface area contributed by atoms with E-state index in [0.29, 0.717) is 0 Å². The molecule has 0 amide bonds. The third-order valence-corrected chi connectivity index (χ3v) is 3.11. The second-order valence-corrected chi connectivity index (χ2v) is 4.79. The number of nitrogens with one attached hydrogen (secondary N) is 1. The summed E-state index contributed by atoms with van der Waals surface area (Å²) >= 11 is 0. The van der Waals surface area contributed by atoms with Crippen molar-refractivity contribution in [2.45, 2.75) is 13.0 Å². The average Bonchev–Trinajstić information content (AvgIpc) is 2.77. The molecule has 0 spiro atoms. The summed E-state index contributed by atoms with van der Waals surface area (Å²) in [5.41, 5.74) is 2.50. The first-order valence-corrected chi connectivity index (χ1v) is 6.46. The predicted molar refractivity (Wildman–Crippen MR) is 77.2 cm³/mol. The molecular formula is C14H21N5. The number of hydrogen-bond donors (Lipinski definition) is 1. The van der Waals surface area contributed by atoms with Crippen LogP contribution in [0.25, 0.3) is 0 Å². The van der Waals surface area contributed by atoms with Crippen molar-refractivity contribution in [1.29, 1.82) is 0 Å². The number of anilines is 1. The van der Waals surface area contributed by atoms with E-state index in [1.54, 1.807) is 0 Å². The minimum Gasteiger partial charge on any atom is -0.348 e. The van der Waals surface area contributed by atoms with E-state index in [1.807, 2.05) is 44.6 Å². The number of aromatic nitrogens is 3. The van der Waals surface area contributed by atoms with Crippen molar-refractivity contribution in [2.75, 3.05) is 25.5 Å². The van der Waals surface area contributed by atoms with E-state index in [1.165, 1.54) is 11.3 Å². The van der Waals surface area contributed by atoms with Gasteiger partial charge in [-0.2, -0.15) is 0 Å². The van der Waals surface area contributed by atoms with Crippen LogP contribution in [0.3, 0.4) is 0 Å². The Morgan fingerprint density at radius 2 is 2.00 bits per heavy atom. The summed E-state index contributed by atoms with van der Waals surface area (Å²) in [6, 6.07) is 4.10. The lowest BCUT2D eigenvalue weighted by Crippen LogP contribution is -2.20. The van der Waals surface area contributed by atoms with Crippen LogP contribution in [0.1, 0.15) is 11.3 Å². The van der Waals surface area contributed by atoms with Gasteiger partial charge in [-0.1, -0.05) is 0 Å². The van der Waals surface area contributed by atoms with Crippen molar-refractivity contribution >= 4 is 5.95 Å². The quantitative estimate of drug-likeness (QED) is 0.792. The van der Waals surface area contributed by atoms with Crippen LogP contribution in [0.4, 0.5) is 5.95 Å². The Labute approximate surface area is 114 Å². The van der Waals surface area contributed by atoms with Crippen LogP contribution in [-0.4, -0.2) is 35.2 Å². The van der Waals surface area contributed by atoms with E-state index < -0.39 is 0 Å². The smallest absolute Gasteiger partial charge is 0.204 e. The maximum atomic E-state index is 4.39. The molecule has 1 N–H and O–H groups in total. The molecule has 0 aliphatic rings. The third-order valence-electron chi connectivity index (χ3n) is 3.11. The van der Waals surface area contributed by atoms with Gasteiger partial charge in [0.15, 0.2) is 0 Å². The van der Waals surface area contributed by atoms with Gasteiger partial charge in [-0.25, -0.2) is 4.98 Å². The van der Waals surface area contributed by atoms with E-state index in [-0.39, 0.29) is 0 Å². The Morgan fingerprint density at radius 1 is 1.26 bits per heavy atom. The summed E-state index contributed by atoms with van der Waals surface area (Å²) < 4.78 is 2.11. The Morgan fingerprint density at radius 3 is 2.63 bits per heavy atom. The van der Waals surface area contributed by atoms with Crippen LogP contribution < -0.4 is 10.2 Å². The molecule has 0 aliphatic carbocycles. The topological polar surface area (TPSA) is 46.0 Å². The van der Waals surface area contributed by atoms with Crippen molar-refractivity contribution in [3.8, 4) is 0 Å². The minimum absolute atomic E-state index is 0.836. The molecule has 19 heavy (non-hydrogen) atoms. The zero-order valence-electron chi connectivity index (χ0n) is 11.8. The van der Waals surface area contributed by atoms with E-state index >= 15 is 0 Å². The molecule has 5 nitrogen and oxygen atoms in total. The fourth-order valence-electron chi connectivity index (χ4n) is 2.01. The fourth-order valence-corrected chi connectivity index (χ4v) is 2.01. The molecule has 2 aromatic rings. The Balaban J connectivity index is 1.80. The Kier molecular flexibility index (Phi) is 4.52. The van der Waals surface area contributed by atoms with Crippen LogP contribution >= 0.6 is 0 Å². The van der Waals surface area contributed by atoms with E-state index in [4.69, 9.17) is 0 Å². The van der Waals surface area contributed by atoms with Crippen molar-refractivity contribution in [3.05, 3.63) is 42.0 Å². The van der Waals surface area contributed by atoms with Crippen molar-refractivity contribution < 1.29 is 0 Å². The van der Waals surface area contributed by atoms with E-state index in [0.717, 1.165) is 25.5 Å². The minimum atomic E-state index is 0.836. The maximum Gasteiger partial charge on any atom is 0.204 e. The molecule has 5 heteroatoms. The molecule has 0 aromatic carbocycles. The van der Waals surface area contributed by atoms with Gasteiger partial charge in [0.25, 0.3) is 0 Å². The fraction of sp³-hybridized carbons (Fsp3) is 0.429. The second kappa shape index (κ2) is 6.33. The number of imidazole rings is 1. The second-order valence-electron chi connectivity index (χ2n) is 4.79. The van der Waals surface area contributed by atoms with Crippen molar-refractivity contribution in [1.82, 2.24) is 19.9 Å². The van der Waals surface area contributed by atoms with Gasteiger partial charge in [0, 0.05) is 40.1 Å². The van der Waals surface area contributed by atoms with Gasteiger partial charge in [0.2, 0.25) is 5.95 Å². The maximum absolute atomic E-state index is 4.39. The van der Waals surface area contributed by atoms with Crippen LogP contribution in [0.15, 0.2) is 30.7 Å². The highest BCUT2D eigenvalue weighted by molar-refractivity contribution is 5.30. The largest absolute Gasteiger partial charge is 0.348 e. The lowest BCUT2D eigenvalue weighted by Gasteiger charge is -2.12. The molecule has 2 aromatic heterocycles. The molecule has 0 unspecified atom stereocenters. The number of pyridine rings is 1. The molecule has 0 bridgehead atoms. The van der Waals surface area contributed by atoms with E-state index in [2.05, 4.69) is 32.0 Å². The Bertz CT molecular complexity index is 504. The Hall–Kier alpha value is -1.88. The molecule has 0 fully saturated rings. The highest BCUT2D eigenvalue weighted by atomic mass is 15.3. The molecule has 0 saturated carbocycles. The lowest BCUT2D eigenvalue weighted by molar-refractivity contribution is 0.651. The standard InChI is InChI=1S/C14H21N5/c1-18(2)14-17-11-13(19(14)3)10-16-9-6-12-4-7-15-8-5-12/h4-5,7-8,11,16H,6,9-10H2,1-3H3. The molecule has 2 rings (SSSR count). The van der Waals surface area contributed by atoms with Gasteiger partial charge >= 0.3 is 0 Å². The molecule has 2 heterocycles. The third kappa shape index (κ3) is 3.54. The molecular weight excluding hydrogens is 238 g/mol. The van der Waals surface area contributed by atoms with Crippen LogP contribution in [-0.2, 0) is 20.0 Å². The number of hydrogen-bond acceptors (Lipinski definition) is 4. The van der Waals surface area contributed by atoms with Gasteiger partial charge in [0.1, 0.15) is 0 Å². The summed E-state index contributed by atoms with van der Waals surface area (Å²) in [5, 5.41) is 3.44. The number of rotatable bonds is 6. The summed E-state index contributed by atoms with van der Waals surface area (Å²) in [6.45, 7) is 1.79.